The predicted molar refractivity (Wildman–Crippen MR) is 112 cm³/mol. The van der Waals surface area contributed by atoms with Crippen LogP contribution < -0.4 is 4.90 Å². The van der Waals surface area contributed by atoms with E-state index in [1.807, 2.05) is 18.2 Å². The lowest BCUT2D eigenvalue weighted by atomic mass is 10.1. The second-order valence-corrected chi connectivity index (χ2v) is 7.32. The SMILES string of the molecule is CCN(C(=O)c1oc2ccccc2c1CSc1ncccn1)c1ccc(F)c(F)c1. The van der Waals surface area contributed by atoms with Crippen molar-refractivity contribution in [1.82, 2.24) is 9.97 Å². The van der Waals surface area contributed by atoms with Gasteiger partial charge in [0.25, 0.3) is 5.91 Å². The Kier molecular flexibility index (Phi) is 5.76. The molecule has 0 unspecified atom stereocenters. The van der Waals surface area contributed by atoms with Crippen molar-refractivity contribution in [2.24, 2.45) is 0 Å². The van der Waals surface area contributed by atoms with Gasteiger partial charge in [-0.3, -0.25) is 4.79 Å². The number of carbonyl (C=O) groups is 1. The number of nitrogens with zero attached hydrogens (tertiary/aromatic N) is 3. The van der Waals surface area contributed by atoms with Crippen LogP contribution in [-0.4, -0.2) is 22.4 Å². The molecule has 0 radical (unpaired) electrons. The van der Waals surface area contributed by atoms with E-state index in [1.54, 1.807) is 31.5 Å². The van der Waals surface area contributed by atoms with Crippen molar-refractivity contribution < 1.29 is 18.0 Å². The number of thioether (sulfide) groups is 1. The summed E-state index contributed by atoms with van der Waals surface area (Å²) in [6.07, 6.45) is 3.30. The molecule has 0 aliphatic carbocycles. The first kappa shape index (κ1) is 20.0. The van der Waals surface area contributed by atoms with E-state index in [4.69, 9.17) is 4.42 Å². The van der Waals surface area contributed by atoms with Gasteiger partial charge in [-0.1, -0.05) is 30.0 Å². The highest BCUT2D eigenvalue weighted by Gasteiger charge is 2.26. The Labute approximate surface area is 175 Å². The van der Waals surface area contributed by atoms with E-state index in [0.717, 1.165) is 17.5 Å². The van der Waals surface area contributed by atoms with Gasteiger partial charge in [-0.05, 0) is 31.2 Å². The lowest BCUT2D eigenvalue weighted by Gasteiger charge is -2.20. The number of para-hydroxylation sites is 1. The Morgan fingerprint density at radius 3 is 2.57 bits per heavy atom. The van der Waals surface area contributed by atoms with Gasteiger partial charge in [0, 0.05) is 47.4 Å². The molecule has 2 aromatic carbocycles. The Balaban J connectivity index is 1.72. The second kappa shape index (κ2) is 8.62. The molecule has 0 spiro atoms. The third-order valence-corrected chi connectivity index (χ3v) is 5.46. The van der Waals surface area contributed by atoms with Crippen molar-refractivity contribution in [2.75, 3.05) is 11.4 Å². The summed E-state index contributed by atoms with van der Waals surface area (Å²) in [7, 11) is 0. The van der Waals surface area contributed by atoms with Crippen LogP contribution in [-0.2, 0) is 5.75 Å². The average molecular weight is 425 g/mol. The molecule has 0 fully saturated rings. The number of halogens is 2. The molecule has 0 saturated carbocycles. The summed E-state index contributed by atoms with van der Waals surface area (Å²) in [5, 5.41) is 1.39. The molecule has 0 saturated heterocycles. The summed E-state index contributed by atoms with van der Waals surface area (Å²) < 4.78 is 33.0. The number of carbonyl (C=O) groups excluding carboxylic acids is 1. The van der Waals surface area contributed by atoms with Crippen LogP contribution >= 0.6 is 11.8 Å². The molecule has 152 valence electrons. The fourth-order valence-electron chi connectivity index (χ4n) is 3.13. The van der Waals surface area contributed by atoms with Gasteiger partial charge in [0.05, 0.1) is 0 Å². The zero-order valence-electron chi connectivity index (χ0n) is 16.0. The van der Waals surface area contributed by atoms with Crippen LogP contribution in [0.5, 0.6) is 0 Å². The van der Waals surface area contributed by atoms with E-state index in [2.05, 4.69) is 9.97 Å². The number of amides is 1. The Hall–Kier alpha value is -3.26. The molecular formula is C22H17F2N3O2S. The smallest absolute Gasteiger partial charge is 0.294 e. The largest absolute Gasteiger partial charge is 0.451 e. The topological polar surface area (TPSA) is 59.2 Å². The van der Waals surface area contributed by atoms with Gasteiger partial charge in [-0.2, -0.15) is 0 Å². The predicted octanol–water partition coefficient (Wildman–Crippen LogP) is 5.46. The number of fused-ring (bicyclic) bond motifs is 1. The molecule has 30 heavy (non-hydrogen) atoms. The molecule has 0 aliphatic heterocycles. The van der Waals surface area contributed by atoms with Gasteiger partial charge in [0.2, 0.25) is 0 Å². The molecule has 2 heterocycles. The highest BCUT2D eigenvalue weighted by molar-refractivity contribution is 7.98. The molecule has 4 rings (SSSR count). The fraction of sp³-hybridized carbons (Fsp3) is 0.136. The minimum absolute atomic E-state index is 0.159. The normalized spacial score (nSPS) is 11.0. The maximum Gasteiger partial charge on any atom is 0.294 e. The summed E-state index contributed by atoms with van der Waals surface area (Å²) in [5.74, 6) is -1.83. The number of hydrogen-bond acceptors (Lipinski definition) is 5. The van der Waals surface area contributed by atoms with Crippen molar-refractivity contribution >= 4 is 34.3 Å². The molecule has 0 N–H and O–H groups in total. The Morgan fingerprint density at radius 2 is 1.83 bits per heavy atom. The lowest BCUT2D eigenvalue weighted by Crippen LogP contribution is -2.31. The van der Waals surface area contributed by atoms with Crippen LogP contribution in [0.3, 0.4) is 0 Å². The maximum absolute atomic E-state index is 13.7. The Bertz CT molecular complexity index is 1200. The average Bonchev–Trinajstić information content (AvgIpc) is 3.14. The van der Waals surface area contributed by atoms with E-state index in [-0.39, 0.29) is 18.0 Å². The molecular weight excluding hydrogens is 408 g/mol. The molecule has 1 amide bonds. The maximum atomic E-state index is 13.7. The van der Waals surface area contributed by atoms with Gasteiger partial charge >= 0.3 is 0 Å². The summed E-state index contributed by atoms with van der Waals surface area (Å²) in [4.78, 5) is 23.1. The minimum Gasteiger partial charge on any atom is -0.451 e. The van der Waals surface area contributed by atoms with E-state index in [0.29, 0.717) is 22.1 Å². The van der Waals surface area contributed by atoms with E-state index in [1.165, 1.54) is 22.7 Å². The van der Waals surface area contributed by atoms with Gasteiger partial charge in [0.1, 0.15) is 5.58 Å². The third kappa shape index (κ3) is 3.91. The third-order valence-electron chi connectivity index (χ3n) is 4.56. The van der Waals surface area contributed by atoms with Gasteiger partial charge in [-0.15, -0.1) is 0 Å². The van der Waals surface area contributed by atoms with Gasteiger partial charge < -0.3 is 9.32 Å². The quantitative estimate of drug-likeness (QED) is 0.303. The fourth-order valence-corrected chi connectivity index (χ4v) is 3.96. The summed E-state index contributed by atoms with van der Waals surface area (Å²) >= 11 is 1.38. The number of rotatable bonds is 6. The zero-order chi connectivity index (χ0) is 21.1. The van der Waals surface area contributed by atoms with Crippen LogP contribution in [0.1, 0.15) is 23.0 Å². The van der Waals surface area contributed by atoms with Crippen molar-refractivity contribution in [2.45, 2.75) is 17.8 Å². The monoisotopic (exact) mass is 425 g/mol. The van der Waals surface area contributed by atoms with Crippen LogP contribution in [0.4, 0.5) is 14.5 Å². The van der Waals surface area contributed by atoms with Gasteiger partial charge in [0.15, 0.2) is 22.6 Å². The number of aromatic nitrogens is 2. The van der Waals surface area contributed by atoms with Crippen molar-refractivity contribution in [1.29, 1.82) is 0 Å². The van der Waals surface area contributed by atoms with E-state index >= 15 is 0 Å². The molecule has 0 atom stereocenters. The van der Waals surface area contributed by atoms with Crippen LogP contribution in [0.2, 0.25) is 0 Å². The molecule has 0 aliphatic rings. The first-order valence-corrected chi connectivity index (χ1v) is 10.2. The van der Waals surface area contributed by atoms with Crippen molar-refractivity contribution in [3.05, 3.63) is 83.9 Å². The molecule has 8 heteroatoms. The highest BCUT2D eigenvalue weighted by Crippen LogP contribution is 2.32. The minimum atomic E-state index is -1.01. The van der Waals surface area contributed by atoms with E-state index in [9.17, 15) is 13.6 Å². The van der Waals surface area contributed by atoms with Crippen LogP contribution in [0, 0.1) is 11.6 Å². The summed E-state index contributed by atoms with van der Waals surface area (Å²) in [6, 6.07) is 12.5. The molecule has 5 nitrogen and oxygen atoms in total. The molecule has 4 aromatic rings. The number of anilines is 1. The van der Waals surface area contributed by atoms with Crippen molar-refractivity contribution in [3.8, 4) is 0 Å². The summed E-state index contributed by atoms with van der Waals surface area (Å²) in [5.41, 5.74) is 1.53. The molecule has 0 bridgehead atoms. The first-order valence-electron chi connectivity index (χ1n) is 9.25. The lowest BCUT2D eigenvalue weighted by molar-refractivity contribution is 0.0962. The Morgan fingerprint density at radius 1 is 1.07 bits per heavy atom. The van der Waals surface area contributed by atoms with E-state index < -0.39 is 17.5 Å². The number of benzene rings is 2. The van der Waals surface area contributed by atoms with Crippen LogP contribution in [0.25, 0.3) is 11.0 Å². The van der Waals surface area contributed by atoms with Crippen molar-refractivity contribution in [3.63, 3.8) is 0 Å². The standard InChI is InChI=1S/C22H17F2N3O2S/c1-2-27(14-8-9-17(23)18(24)12-14)21(28)20-16(13-30-22-25-10-5-11-26-22)15-6-3-4-7-19(15)29-20/h3-12H,2,13H2,1H3. The highest BCUT2D eigenvalue weighted by atomic mass is 32.2. The second-order valence-electron chi connectivity index (χ2n) is 6.37. The molecule has 2 aromatic heterocycles. The first-order chi connectivity index (χ1) is 14.6. The number of furan rings is 1. The summed E-state index contributed by atoms with van der Waals surface area (Å²) in [6.45, 7) is 2.02. The van der Waals surface area contributed by atoms with Gasteiger partial charge in [-0.25, -0.2) is 18.7 Å². The van der Waals surface area contributed by atoms with Crippen LogP contribution in [0.15, 0.2) is 70.5 Å². The number of hydrogen-bond donors (Lipinski definition) is 0. The zero-order valence-corrected chi connectivity index (χ0v) is 16.8.